The van der Waals surface area contributed by atoms with Gasteiger partial charge in [-0.2, -0.15) is 41.3 Å². The van der Waals surface area contributed by atoms with Gasteiger partial charge in [-0.05, 0) is 141 Å². The molecule has 0 saturated heterocycles. The summed E-state index contributed by atoms with van der Waals surface area (Å²) in [6, 6.07) is 31.0. The second kappa shape index (κ2) is 25.5. The van der Waals surface area contributed by atoms with Crippen LogP contribution < -0.4 is 14.2 Å². The molecular formula is C48H51F6N3O3. The van der Waals surface area contributed by atoms with Gasteiger partial charge in [-0.1, -0.05) is 63.1 Å². The minimum Gasteiger partial charge on any atom is -0.497 e. The molecule has 0 bridgehead atoms. The van der Waals surface area contributed by atoms with E-state index in [1.165, 1.54) is 49.2 Å². The van der Waals surface area contributed by atoms with E-state index in [0.29, 0.717) is 61.8 Å². The fourth-order valence-electron chi connectivity index (χ4n) is 5.78. The fourth-order valence-corrected chi connectivity index (χ4v) is 5.78. The van der Waals surface area contributed by atoms with Crippen LogP contribution in [0.1, 0.15) is 72.9 Å². The molecule has 6 nitrogen and oxygen atoms in total. The molecule has 0 amide bonds. The van der Waals surface area contributed by atoms with Crippen molar-refractivity contribution in [2.75, 3.05) is 20.3 Å². The standard InChI is InChI=1S/C18H21F2NO.C16H17F2NO.C14H13F2NO/c1-2-3-4-13-22-16-10-6-14(7-11-16)5-8-15-9-12-17(19)21-18(15)20;1-2-11-20-14-8-4-12(5-9-14)3-6-13-7-10-15(17)19-16(13)18;1-18-12-7-3-10(4-8-12)2-5-11-6-9-13(15)17-14(11)16/h6-7,9-12H,2-5,8,13H2,1H3;4-5,7-10H,2-3,6,11H2,1H3;3-4,6-9H,2,5H2,1H3. The molecule has 0 radical (unpaired) electrons. The molecule has 0 aliphatic rings. The van der Waals surface area contributed by atoms with Crippen molar-refractivity contribution in [1.29, 1.82) is 0 Å². The fraction of sp³-hybridized carbons (Fsp3) is 0.312. The van der Waals surface area contributed by atoms with E-state index in [4.69, 9.17) is 14.2 Å². The number of pyridine rings is 3. The van der Waals surface area contributed by atoms with Crippen molar-refractivity contribution in [1.82, 2.24) is 15.0 Å². The van der Waals surface area contributed by atoms with E-state index in [1.807, 2.05) is 72.8 Å². The van der Waals surface area contributed by atoms with Crippen LogP contribution in [0.15, 0.2) is 109 Å². The van der Waals surface area contributed by atoms with Crippen molar-refractivity contribution >= 4 is 0 Å². The number of aromatic nitrogens is 3. The van der Waals surface area contributed by atoms with Crippen LogP contribution in [0, 0.1) is 35.7 Å². The Morgan fingerprint density at radius 1 is 0.383 bits per heavy atom. The molecule has 0 spiro atoms. The molecule has 60 heavy (non-hydrogen) atoms. The predicted molar refractivity (Wildman–Crippen MR) is 221 cm³/mol. The maximum absolute atomic E-state index is 13.4. The molecule has 318 valence electrons. The molecule has 0 aliphatic carbocycles. The quantitative estimate of drug-likeness (QED) is 0.0488. The minimum absolute atomic E-state index is 0.423. The number of ether oxygens (including phenoxy) is 3. The van der Waals surface area contributed by atoms with Crippen molar-refractivity contribution < 1.29 is 40.6 Å². The molecule has 3 heterocycles. The second-order valence-electron chi connectivity index (χ2n) is 13.8. The Morgan fingerprint density at radius 3 is 1.05 bits per heavy atom. The average Bonchev–Trinajstić information content (AvgIpc) is 3.25. The first-order valence-electron chi connectivity index (χ1n) is 20.1. The Balaban J connectivity index is 0.000000199. The SMILES string of the molecule is CCCCCOc1ccc(CCc2ccc(F)nc2F)cc1.CCCOc1ccc(CCc2ccc(F)nc2F)cc1.COc1ccc(CCc2ccc(F)nc2F)cc1. The van der Waals surface area contributed by atoms with E-state index in [2.05, 4.69) is 28.8 Å². The lowest BCUT2D eigenvalue weighted by Crippen LogP contribution is -1.99. The van der Waals surface area contributed by atoms with Crippen molar-refractivity contribution in [2.45, 2.75) is 78.1 Å². The first-order valence-corrected chi connectivity index (χ1v) is 20.1. The molecule has 3 aromatic heterocycles. The van der Waals surface area contributed by atoms with Crippen molar-refractivity contribution in [3.05, 3.63) is 178 Å². The lowest BCUT2D eigenvalue weighted by atomic mass is 10.1. The van der Waals surface area contributed by atoms with E-state index in [1.54, 1.807) is 7.11 Å². The summed E-state index contributed by atoms with van der Waals surface area (Å²) in [6.07, 6.45) is 7.91. The zero-order chi connectivity index (χ0) is 43.1. The Bertz CT molecular complexity index is 2150. The predicted octanol–water partition coefficient (Wildman–Crippen LogP) is 11.8. The van der Waals surface area contributed by atoms with Gasteiger partial charge in [-0.15, -0.1) is 0 Å². The largest absolute Gasteiger partial charge is 0.497 e. The topological polar surface area (TPSA) is 66.4 Å². The van der Waals surface area contributed by atoms with E-state index < -0.39 is 35.7 Å². The number of hydrogen-bond donors (Lipinski definition) is 0. The highest BCUT2D eigenvalue weighted by Crippen LogP contribution is 2.18. The zero-order valence-corrected chi connectivity index (χ0v) is 34.2. The third-order valence-electron chi connectivity index (χ3n) is 9.22. The molecule has 0 unspecified atom stereocenters. The first kappa shape index (κ1) is 46.8. The molecule has 3 aromatic carbocycles. The Hall–Kier alpha value is -5.91. The average molecular weight is 832 g/mol. The van der Waals surface area contributed by atoms with Gasteiger partial charge in [-0.3, -0.25) is 0 Å². The van der Waals surface area contributed by atoms with Crippen LogP contribution in [0.5, 0.6) is 17.2 Å². The summed E-state index contributed by atoms with van der Waals surface area (Å²) < 4.78 is 94.4. The van der Waals surface area contributed by atoms with Gasteiger partial charge in [0.15, 0.2) is 0 Å². The Morgan fingerprint density at radius 2 is 0.733 bits per heavy atom. The number of hydrogen-bond acceptors (Lipinski definition) is 6. The van der Waals surface area contributed by atoms with Gasteiger partial charge < -0.3 is 14.2 Å². The minimum atomic E-state index is -0.791. The third-order valence-corrected chi connectivity index (χ3v) is 9.22. The van der Waals surface area contributed by atoms with Gasteiger partial charge in [0.2, 0.25) is 35.7 Å². The molecule has 6 rings (SSSR count). The van der Waals surface area contributed by atoms with E-state index in [9.17, 15) is 26.3 Å². The highest BCUT2D eigenvalue weighted by atomic mass is 19.2. The Kier molecular flexibility index (Phi) is 19.9. The summed E-state index contributed by atoms with van der Waals surface area (Å²) >= 11 is 0. The number of unbranched alkanes of at least 4 members (excludes halogenated alkanes) is 2. The lowest BCUT2D eigenvalue weighted by Gasteiger charge is -2.07. The van der Waals surface area contributed by atoms with Gasteiger partial charge >= 0.3 is 0 Å². The van der Waals surface area contributed by atoms with Crippen LogP contribution in [-0.4, -0.2) is 35.3 Å². The maximum Gasteiger partial charge on any atom is 0.218 e. The summed E-state index contributed by atoms with van der Waals surface area (Å²) in [5.74, 6) is -2.07. The van der Waals surface area contributed by atoms with Crippen LogP contribution in [0.4, 0.5) is 26.3 Å². The molecule has 0 saturated carbocycles. The summed E-state index contributed by atoms with van der Waals surface area (Å²) in [6.45, 7) is 5.65. The summed E-state index contributed by atoms with van der Waals surface area (Å²) in [5, 5.41) is 0. The van der Waals surface area contributed by atoms with E-state index in [0.717, 1.165) is 53.4 Å². The second-order valence-corrected chi connectivity index (χ2v) is 13.8. The maximum atomic E-state index is 13.4. The number of rotatable bonds is 18. The van der Waals surface area contributed by atoms with Gasteiger partial charge in [0.25, 0.3) is 0 Å². The number of aryl methyl sites for hydroxylation is 6. The molecule has 12 heteroatoms. The van der Waals surface area contributed by atoms with Crippen LogP contribution in [0.3, 0.4) is 0 Å². The number of nitrogens with zero attached hydrogens (tertiary/aromatic N) is 3. The highest BCUT2D eigenvalue weighted by molar-refractivity contribution is 5.30. The number of halogens is 6. The van der Waals surface area contributed by atoms with Gasteiger partial charge in [0.1, 0.15) is 17.2 Å². The molecule has 6 aromatic rings. The van der Waals surface area contributed by atoms with E-state index >= 15 is 0 Å². The van der Waals surface area contributed by atoms with Crippen LogP contribution in [0.25, 0.3) is 0 Å². The van der Waals surface area contributed by atoms with Gasteiger partial charge in [0.05, 0.1) is 20.3 Å². The molecule has 0 aliphatic heterocycles. The lowest BCUT2D eigenvalue weighted by molar-refractivity contribution is 0.306. The van der Waals surface area contributed by atoms with Crippen molar-refractivity contribution in [3.63, 3.8) is 0 Å². The highest BCUT2D eigenvalue weighted by Gasteiger charge is 2.08. The van der Waals surface area contributed by atoms with Crippen LogP contribution >= 0.6 is 0 Å². The summed E-state index contributed by atoms with van der Waals surface area (Å²) in [5.41, 5.74) is 4.52. The molecule has 0 atom stereocenters. The van der Waals surface area contributed by atoms with Gasteiger partial charge in [0, 0.05) is 16.7 Å². The third kappa shape index (κ3) is 16.8. The van der Waals surface area contributed by atoms with Crippen molar-refractivity contribution in [3.8, 4) is 17.2 Å². The first-order chi connectivity index (χ1) is 29.1. The molecular weight excluding hydrogens is 781 g/mol. The van der Waals surface area contributed by atoms with Crippen LogP contribution in [0.2, 0.25) is 0 Å². The van der Waals surface area contributed by atoms with Crippen LogP contribution in [-0.2, 0) is 38.5 Å². The zero-order valence-electron chi connectivity index (χ0n) is 34.2. The Labute approximate surface area is 348 Å². The number of methoxy groups -OCH3 is 1. The smallest absolute Gasteiger partial charge is 0.218 e. The van der Waals surface area contributed by atoms with E-state index in [-0.39, 0.29) is 0 Å². The monoisotopic (exact) mass is 831 g/mol. The summed E-state index contributed by atoms with van der Waals surface area (Å²) in [4.78, 5) is 9.54. The number of benzene rings is 3. The molecule has 0 fully saturated rings. The van der Waals surface area contributed by atoms with Gasteiger partial charge in [-0.25, -0.2) is 0 Å². The van der Waals surface area contributed by atoms with Crippen molar-refractivity contribution in [2.24, 2.45) is 0 Å². The normalized spacial score (nSPS) is 10.6. The summed E-state index contributed by atoms with van der Waals surface area (Å²) in [7, 11) is 1.61. The molecule has 0 N–H and O–H groups in total.